The number of fused-ring (bicyclic) bond motifs is 16. The van der Waals surface area contributed by atoms with E-state index >= 15 is 0 Å². The number of benzene rings is 4. The van der Waals surface area contributed by atoms with Crippen LogP contribution in [0.5, 0.6) is 0 Å². The molecule has 2 aliphatic rings. The Labute approximate surface area is 365 Å². The van der Waals surface area contributed by atoms with Crippen LogP contribution in [0.4, 0.5) is 0 Å². The minimum atomic E-state index is -0.138. The number of nitriles is 2. The van der Waals surface area contributed by atoms with Crippen molar-refractivity contribution in [3.63, 3.8) is 0 Å². The molecule has 2 aliphatic carbocycles. The van der Waals surface area contributed by atoms with E-state index in [1.54, 1.807) is 0 Å². The number of hydrogen-bond donors (Lipinski definition) is 0. The summed E-state index contributed by atoms with van der Waals surface area (Å²) in [5, 5.41) is 29.4. The van der Waals surface area contributed by atoms with Gasteiger partial charge < -0.3 is 0 Å². The van der Waals surface area contributed by atoms with E-state index in [2.05, 4.69) is 156 Å². The van der Waals surface area contributed by atoms with E-state index in [0.29, 0.717) is 0 Å². The van der Waals surface area contributed by atoms with Crippen molar-refractivity contribution in [3.8, 4) is 12.1 Å². The Morgan fingerprint density at radius 2 is 0.758 bits per heavy atom. The zero-order valence-corrected chi connectivity index (χ0v) is 39.7. The van der Waals surface area contributed by atoms with Gasteiger partial charge in [-0.1, -0.05) is 123 Å². The molecule has 9 aromatic rings. The molecule has 6 heteroatoms. The van der Waals surface area contributed by atoms with Gasteiger partial charge in [-0.2, -0.15) is 10.5 Å². The van der Waals surface area contributed by atoms with E-state index in [-0.39, 0.29) is 45.3 Å². The average molecular weight is 817 g/mol. The summed E-state index contributed by atoms with van der Waals surface area (Å²) in [5.74, 6) is 1.02. The van der Waals surface area contributed by atoms with Crippen LogP contribution in [0.2, 0.25) is 0 Å². The van der Waals surface area contributed by atoms with Gasteiger partial charge in [-0.05, 0) is 115 Å². The maximum Gasteiger partial charge on any atom is 0.165 e. The summed E-state index contributed by atoms with van der Waals surface area (Å²) in [7, 11) is 0. The smallest absolute Gasteiger partial charge is 0.165 e. The van der Waals surface area contributed by atoms with Gasteiger partial charge in [0.25, 0.3) is 0 Å². The highest BCUT2D eigenvalue weighted by molar-refractivity contribution is 6.29. The van der Waals surface area contributed by atoms with Gasteiger partial charge in [0.15, 0.2) is 11.3 Å². The number of nitrogens with zero attached hydrogens (tertiary/aromatic N) is 6. The van der Waals surface area contributed by atoms with Gasteiger partial charge in [-0.15, -0.1) is 0 Å². The van der Waals surface area contributed by atoms with Crippen LogP contribution in [0.15, 0.2) is 24.3 Å². The fourth-order valence-electron chi connectivity index (χ4n) is 14.2. The molecule has 0 amide bonds. The fraction of sp³-hybridized carbons (Fsp3) is 0.464. The summed E-state index contributed by atoms with van der Waals surface area (Å²) in [4.78, 5) is 11.8. The van der Waals surface area contributed by atoms with Crippen LogP contribution in [0, 0.1) is 22.7 Å². The van der Waals surface area contributed by atoms with Gasteiger partial charge in [0.05, 0.1) is 45.3 Å². The molecule has 0 N–H and O–H groups in total. The summed E-state index contributed by atoms with van der Waals surface area (Å²) >= 11 is 0. The standard InChI is InChI=1S/C56H60N6/c1-25(2)31-19-33(27(5)6)39-47-51(61-35-17-29(21-57)43-45(41(35)37(31)49(39)61)55(13,14)23-53(43,9)10)60-48-40-34(28(7)8)20-32(26(3)4)38-42-36(62(50(38)40)52(48)59-47)18-30(22-58)44-46(42)56(15,16)24-54(44,11)12/h17-20,25-28H,23-24H2,1-16H3. The Hall–Kier alpha value is -5.46. The quantitative estimate of drug-likeness (QED) is 0.177. The van der Waals surface area contributed by atoms with Crippen molar-refractivity contribution in [1.29, 1.82) is 10.5 Å². The van der Waals surface area contributed by atoms with Crippen LogP contribution in [-0.4, -0.2) is 18.8 Å². The second kappa shape index (κ2) is 11.8. The molecule has 0 spiro atoms. The molecule has 11 rings (SSSR count). The van der Waals surface area contributed by atoms with Crippen molar-refractivity contribution in [2.45, 2.75) is 169 Å². The first kappa shape index (κ1) is 39.4. The Kier molecular flexibility index (Phi) is 7.47. The summed E-state index contributed by atoms with van der Waals surface area (Å²) in [6.07, 6.45) is 1.96. The Morgan fingerprint density at radius 1 is 0.452 bits per heavy atom. The lowest BCUT2D eigenvalue weighted by atomic mass is 9.80. The Bertz CT molecular complexity index is 3360. The third-order valence-corrected chi connectivity index (χ3v) is 15.7. The normalized spacial score (nSPS) is 18.0. The van der Waals surface area contributed by atoms with Crippen molar-refractivity contribution >= 4 is 76.7 Å². The number of aromatic nitrogens is 4. The lowest BCUT2D eigenvalue weighted by Crippen LogP contribution is -2.18. The SMILES string of the molecule is CC(C)c1cc(C(C)C)c2c3c4c(c(C#N)cc3n3c5nc6c7c(C(C)C)cc(C(C)C)c8c9c%10c(c(C#N)cc9n(c6nc5c1c23)c78)C(C)(C)CC%10(C)C)C(C)(C)CC4(C)C. The molecular formula is C56H60N6. The van der Waals surface area contributed by atoms with Gasteiger partial charge in [-0.3, -0.25) is 8.80 Å². The van der Waals surface area contributed by atoms with E-state index in [1.165, 1.54) is 87.9 Å². The van der Waals surface area contributed by atoms with Crippen molar-refractivity contribution < 1.29 is 0 Å². The van der Waals surface area contributed by atoms with E-state index < -0.39 is 0 Å². The summed E-state index contributed by atoms with van der Waals surface area (Å²) < 4.78 is 4.82. The first-order valence-corrected chi connectivity index (χ1v) is 23.2. The molecule has 4 aromatic carbocycles. The fourth-order valence-corrected chi connectivity index (χ4v) is 14.2. The summed E-state index contributed by atoms with van der Waals surface area (Å²) in [6.45, 7) is 37.3. The molecule has 5 aromatic heterocycles. The van der Waals surface area contributed by atoms with Crippen molar-refractivity contribution in [2.24, 2.45) is 0 Å². The molecule has 314 valence electrons. The van der Waals surface area contributed by atoms with Gasteiger partial charge in [0.2, 0.25) is 0 Å². The van der Waals surface area contributed by atoms with Crippen LogP contribution in [-0.2, 0) is 21.7 Å². The second-order valence-electron chi connectivity index (χ2n) is 23.4. The molecule has 62 heavy (non-hydrogen) atoms. The molecule has 0 fully saturated rings. The molecule has 6 nitrogen and oxygen atoms in total. The molecule has 5 heterocycles. The van der Waals surface area contributed by atoms with Gasteiger partial charge >= 0.3 is 0 Å². The van der Waals surface area contributed by atoms with E-state index in [1.807, 2.05) is 0 Å². The highest BCUT2D eigenvalue weighted by Crippen LogP contribution is 2.59. The first-order chi connectivity index (χ1) is 29.0. The molecule has 0 unspecified atom stereocenters. The predicted molar refractivity (Wildman–Crippen MR) is 258 cm³/mol. The third kappa shape index (κ3) is 4.49. The predicted octanol–water partition coefficient (Wildman–Crippen LogP) is 14.9. The lowest BCUT2D eigenvalue weighted by molar-refractivity contribution is 0.403. The van der Waals surface area contributed by atoms with Crippen LogP contribution in [0.25, 0.3) is 76.7 Å². The maximum absolute atomic E-state index is 10.9. The Balaban J connectivity index is 1.45. The summed E-state index contributed by atoms with van der Waals surface area (Å²) in [5.41, 5.74) is 19.3. The van der Waals surface area contributed by atoms with Crippen LogP contribution < -0.4 is 0 Å². The highest BCUT2D eigenvalue weighted by atomic mass is 15.1. The second-order valence-corrected chi connectivity index (χ2v) is 23.4. The maximum atomic E-state index is 10.9. The van der Waals surface area contributed by atoms with Crippen LogP contribution in [0.1, 0.15) is 203 Å². The van der Waals surface area contributed by atoms with Crippen LogP contribution >= 0.6 is 0 Å². The van der Waals surface area contributed by atoms with Crippen molar-refractivity contribution in [3.05, 3.63) is 79.9 Å². The van der Waals surface area contributed by atoms with Crippen molar-refractivity contribution in [1.82, 2.24) is 18.8 Å². The number of rotatable bonds is 4. The van der Waals surface area contributed by atoms with E-state index in [0.717, 1.165) is 57.3 Å². The zero-order chi connectivity index (χ0) is 44.4. The lowest BCUT2D eigenvalue weighted by Gasteiger charge is -2.23. The molecule has 0 saturated carbocycles. The molecule has 0 bridgehead atoms. The molecular weight excluding hydrogens is 757 g/mol. The van der Waals surface area contributed by atoms with Gasteiger partial charge in [0, 0.05) is 32.3 Å². The summed E-state index contributed by atoms with van der Waals surface area (Å²) in [6, 6.07) is 14.7. The van der Waals surface area contributed by atoms with Gasteiger partial charge in [0.1, 0.15) is 11.0 Å². The Morgan fingerprint density at radius 3 is 1.06 bits per heavy atom. The monoisotopic (exact) mass is 816 g/mol. The first-order valence-electron chi connectivity index (χ1n) is 23.2. The molecule has 0 atom stereocenters. The largest absolute Gasteiger partial charge is 0.291 e. The number of hydrogen-bond acceptors (Lipinski definition) is 4. The topological polar surface area (TPSA) is 82.2 Å². The van der Waals surface area contributed by atoms with E-state index in [9.17, 15) is 10.5 Å². The molecule has 0 aliphatic heterocycles. The minimum Gasteiger partial charge on any atom is -0.291 e. The van der Waals surface area contributed by atoms with Crippen molar-refractivity contribution in [2.75, 3.05) is 0 Å². The highest BCUT2D eigenvalue weighted by Gasteiger charge is 2.48. The minimum absolute atomic E-state index is 0.132. The average Bonchev–Trinajstić information content (AvgIpc) is 3.96. The van der Waals surface area contributed by atoms with E-state index in [4.69, 9.17) is 9.97 Å². The zero-order valence-electron chi connectivity index (χ0n) is 39.7. The third-order valence-electron chi connectivity index (χ3n) is 15.7. The molecule has 0 saturated heterocycles. The molecule has 0 radical (unpaired) electrons. The van der Waals surface area contributed by atoms with Gasteiger partial charge in [-0.25, -0.2) is 9.97 Å². The van der Waals surface area contributed by atoms with Crippen LogP contribution in [0.3, 0.4) is 0 Å².